The Morgan fingerprint density at radius 2 is 1.23 bits per heavy atom. The van der Waals surface area contributed by atoms with Crippen LogP contribution < -0.4 is 0 Å². The molecule has 1 aliphatic carbocycles. The highest BCUT2D eigenvalue weighted by atomic mass is 19.2. The van der Waals surface area contributed by atoms with Gasteiger partial charge in [0.2, 0.25) is 0 Å². The van der Waals surface area contributed by atoms with Crippen molar-refractivity contribution in [3.05, 3.63) is 59.4 Å². The normalized spacial score (nSPS) is 19.0. The van der Waals surface area contributed by atoms with Gasteiger partial charge in [0.25, 0.3) is 0 Å². The van der Waals surface area contributed by atoms with Crippen LogP contribution in [0.3, 0.4) is 0 Å². The smallest absolute Gasteiger partial charge is 0.194 e. The number of hydrogen-bond donors (Lipinski definition) is 0. The zero-order chi connectivity index (χ0) is 22.1. The summed E-state index contributed by atoms with van der Waals surface area (Å²) < 4.78 is 40.1. The van der Waals surface area contributed by atoms with Gasteiger partial charge in [-0.1, -0.05) is 102 Å². The van der Waals surface area contributed by atoms with Gasteiger partial charge in [-0.2, -0.15) is 0 Å². The maximum atomic E-state index is 13.5. The summed E-state index contributed by atoms with van der Waals surface area (Å²) in [6.07, 6.45) is 17.5. The van der Waals surface area contributed by atoms with Crippen LogP contribution in [0.2, 0.25) is 0 Å². The molecule has 0 aliphatic heterocycles. The predicted molar refractivity (Wildman–Crippen MR) is 124 cm³/mol. The van der Waals surface area contributed by atoms with Crippen LogP contribution in [-0.4, -0.2) is 0 Å². The Kier molecular flexibility index (Phi) is 9.49. The van der Waals surface area contributed by atoms with Crippen LogP contribution in [0.4, 0.5) is 13.2 Å². The van der Waals surface area contributed by atoms with E-state index in [4.69, 9.17) is 0 Å². The Morgan fingerprint density at radius 1 is 0.677 bits per heavy atom. The van der Waals surface area contributed by atoms with Crippen LogP contribution in [0.1, 0.15) is 89.5 Å². The Hall–Kier alpha value is -1.77. The summed E-state index contributed by atoms with van der Waals surface area (Å²) in [5.41, 5.74) is 2.32. The zero-order valence-electron chi connectivity index (χ0n) is 18.9. The van der Waals surface area contributed by atoms with Crippen molar-refractivity contribution in [1.82, 2.24) is 0 Å². The molecule has 2 aromatic rings. The lowest BCUT2D eigenvalue weighted by atomic mass is 9.77. The van der Waals surface area contributed by atoms with Crippen molar-refractivity contribution >= 4 is 0 Å². The van der Waals surface area contributed by atoms with Gasteiger partial charge in [0.05, 0.1) is 0 Å². The summed E-state index contributed by atoms with van der Waals surface area (Å²) in [6, 6.07) is 9.91. The second-order valence-electron chi connectivity index (χ2n) is 9.43. The molecule has 170 valence electrons. The number of hydrogen-bond acceptors (Lipinski definition) is 0. The van der Waals surface area contributed by atoms with E-state index in [2.05, 4.69) is 6.92 Å². The molecule has 1 fully saturated rings. The molecule has 1 aliphatic rings. The Morgan fingerprint density at radius 3 is 1.84 bits per heavy atom. The first-order valence-electron chi connectivity index (χ1n) is 12.3. The summed E-state index contributed by atoms with van der Waals surface area (Å²) in [4.78, 5) is 0. The molecule has 0 nitrogen and oxygen atoms in total. The lowest BCUT2D eigenvalue weighted by Gasteiger charge is -2.28. The molecule has 3 rings (SSSR count). The van der Waals surface area contributed by atoms with Crippen molar-refractivity contribution in [3.8, 4) is 11.1 Å². The fourth-order valence-electron chi connectivity index (χ4n) is 4.98. The van der Waals surface area contributed by atoms with E-state index in [0.29, 0.717) is 11.1 Å². The number of aryl methyl sites for hydroxylation is 1. The summed E-state index contributed by atoms with van der Waals surface area (Å²) >= 11 is 0. The van der Waals surface area contributed by atoms with Gasteiger partial charge in [-0.3, -0.25) is 0 Å². The highest BCUT2D eigenvalue weighted by molar-refractivity contribution is 5.63. The lowest BCUT2D eigenvalue weighted by molar-refractivity contribution is 0.248. The van der Waals surface area contributed by atoms with Crippen LogP contribution in [-0.2, 0) is 6.42 Å². The van der Waals surface area contributed by atoms with Crippen molar-refractivity contribution in [2.45, 2.75) is 90.4 Å². The topological polar surface area (TPSA) is 0 Å². The SMILES string of the molecule is CCCCCCCCC1CCC(CCc2ccc(-c3cc(F)c(F)c(F)c3)cc2)CC1. The van der Waals surface area contributed by atoms with Gasteiger partial charge in [0, 0.05) is 0 Å². The average molecular weight is 431 g/mol. The second kappa shape index (κ2) is 12.3. The minimum absolute atomic E-state index is 0.367. The fraction of sp³-hybridized carbons (Fsp3) is 0.571. The van der Waals surface area contributed by atoms with E-state index >= 15 is 0 Å². The van der Waals surface area contributed by atoms with E-state index in [1.54, 1.807) is 0 Å². The van der Waals surface area contributed by atoms with Crippen molar-refractivity contribution < 1.29 is 13.2 Å². The molecule has 0 aromatic heterocycles. The van der Waals surface area contributed by atoms with Crippen LogP contribution in [0.25, 0.3) is 11.1 Å². The third-order valence-electron chi connectivity index (χ3n) is 7.04. The van der Waals surface area contributed by atoms with Crippen molar-refractivity contribution in [1.29, 1.82) is 0 Å². The molecule has 3 heteroatoms. The monoisotopic (exact) mass is 430 g/mol. The number of benzene rings is 2. The van der Waals surface area contributed by atoms with Crippen molar-refractivity contribution in [2.24, 2.45) is 11.8 Å². The maximum Gasteiger partial charge on any atom is 0.194 e. The molecule has 2 aromatic carbocycles. The highest BCUT2D eigenvalue weighted by Gasteiger charge is 2.20. The van der Waals surface area contributed by atoms with E-state index in [1.807, 2.05) is 24.3 Å². The molecule has 0 bridgehead atoms. The Balaban J connectivity index is 1.38. The lowest BCUT2D eigenvalue weighted by Crippen LogP contribution is -2.15. The predicted octanol–water partition coefficient (Wildman–Crippen LogP) is 9.26. The van der Waals surface area contributed by atoms with Gasteiger partial charge in [0.1, 0.15) is 0 Å². The molecule has 0 radical (unpaired) electrons. The van der Waals surface area contributed by atoms with Gasteiger partial charge in [0.15, 0.2) is 17.5 Å². The van der Waals surface area contributed by atoms with E-state index in [-0.39, 0.29) is 0 Å². The molecule has 0 atom stereocenters. The van der Waals surface area contributed by atoms with Crippen LogP contribution in [0, 0.1) is 29.3 Å². The molecule has 0 N–H and O–H groups in total. The first-order chi connectivity index (χ1) is 15.1. The first kappa shape index (κ1) is 23.9. The van der Waals surface area contributed by atoms with E-state index in [9.17, 15) is 13.2 Å². The maximum absolute atomic E-state index is 13.5. The molecular formula is C28H37F3. The van der Waals surface area contributed by atoms with Crippen LogP contribution in [0.5, 0.6) is 0 Å². The van der Waals surface area contributed by atoms with Crippen molar-refractivity contribution in [3.63, 3.8) is 0 Å². The molecule has 0 saturated heterocycles. The zero-order valence-corrected chi connectivity index (χ0v) is 18.9. The molecular weight excluding hydrogens is 393 g/mol. The van der Waals surface area contributed by atoms with E-state index < -0.39 is 17.5 Å². The third-order valence-corrected chi connectivity index (χ3v) is 7.04. The first-order valence-corrected chi connectivity index (χ1v) is 12.3. The fourth-order valence-corrected chi connectivity index (χ4v) is 4.98. The van der Waals surface area contributed by atoms with Gasteiger partial charge >= 0.3 is 0 Å². The largest absolute Gasteiger partial charge is 0.204 e. The highest BCUT2D eigenvalue weighted by Crippen LogP contribution is 2.34. The van der Waals surface area contributed by atoms with E-state index in [0.717, 1.165) is 30.4 Å². The van der Waals surface area contributed by atoms with Crippen LogP contribution in [0.15, 0.2) is 36.4 Å². The number of halogens is 3. The van der Waals surface area contributed by atoms with Gasteiger partial charge in [-0.15, -0.1) is 0 Å². The van der Waals surface area contributed by atoms with Gasteiger partial charge in [-0.05, 0) is 53.5 Å². The van der Waals surface area contributed by atoms with Gasteiger partial charge < -0.3 is 0 Å². The van der Waals surface area contributed by atoms with Crippen molar-refractivity contribution in [2.75, 3.05) is 0 Å². The minimum atomic E-state index is -1.41. The average Bonchev–Trinajstić information content (AvgIpc) is 2.79. The van der Waals surface area contributed by atoms with Gasteiger partial charge in [-0.25, -0.2) is 13.2 Å². The second-order valence-corrected chi connectivity index (χ2v) is 9.43. The van der Waals surface area contributed by atoms with E-state index in [1.165, 1.54) is 82.6 Å². The Labute approximate surface area is 186 Å². The molecule has 0 amide bonds. The molecule has 0 unspecified atom stereocenters. The molecule has 1 saturated carbocycles. The summed E-state index contributed by atoms with van der Waals surface area (Å²) in [5.74, 6) is -1.95. The number of rotatable bonds is 11. The number of unbranched alkanes of at least 4 members (excludes halogenated alkanes) is 5. The molecule has 0 spiro atoms. The minimum Gasteiger partial charge on any atom is -0.204 e. The summed E-state index contributed by atoms with van der Waals surface area (Å²) in [7, 11) is 0. The molecule has 31 heavy (non-hydrogen) atoms. The molecule has 0 heterocycles. The summed E-state index contributed by atoms with van der Waals surface area (Å²) in [5, 5.41) is 0. The Bertz CT molecular complexity index is 765. The van der Waals surface area contributed by atoms with Crippen LogP contribution >= 0.6 is 0 Å². The summed E-state index contributed by atoms with van der Waals surface area (Å²) in [6.45, 7) is 2.27. The standard InChI is InChI=1S/C28H37F3/c1-2-3-4-5-6-7-8-21-9-11-22(12-10-21)13-14-23-15-17-24(18-16-23)25-19-26(29)28(31)27(30)20-25/h15-22H,2-14H2,1H3. The third kappa shape index (κ3) is 7.40. The quantitative estimate of drug-likeness (QED) is 0.246.